The second kappa shape index (κ2) is 7.09. The lowest BCUT2D eigenvalue weighted by Gasteiger charge is -2.03. The molecule has 0 aliphatic heterocycles. The first-order chi connectivity index (χ1) is 14.3. The average molecular weight is 380 g/mol. The fourth-order valence-corrected chi connectivity index (χ4v) is 3.16. The highest BCUT2D eigenvalue weighted by atomic mass is 16.3. The van der Waals surface area contributed by atoms with E-state index in [2.05, 4.69) is 20.5 Å². The van der Waals surface area contributed by atoms with Crippen LogP contribution in [0.4, 0.5) is 0 Å². The molecule has 0 unspecified atom stereocenters. The first kappa shape index (κ1) is 16.9. The molecule has 2 aromatic heterocycles. The predicted octanol–water partition coefficient (Wildman–Crippen LogP) is 4.22. The zero-order valence-corrected chi connectivity index (χ0v) is 15.3. The van der Waals surface area contributed by atoms with Gasteiger partial charge in [-0.3, -0.25) is 4.79 Å². The van der Waals surface area contributed by atoms with E-state index in [1.54, 1.807) is 24.3 Å². The number of aromatic amines is 1. The minimum atomic E-state index is -0.315. The number of fused-ring (bicyclic) bond motifs is 2. The van der Waals surface area contributed by atoms with E-state index in [9.17, 15) is 4.79 Å². The first-order valence-electron chi connectivity index (χ1n) is 9.15. The van der Waals surface area contributed by atoms with Crippen LogP contribution in [-0.2, 0) is 0 Å². The van der Waals surface area contributed by atoms with Crippen molar-refractivity contribution < 1.29 is 9.21 Å². The Kier molecular flexibility index (Phi) is 4.14. The second-order valence-corrected chi connectivity index (χ2v) is 6.52. The van der Waals surface area contributed by atoms with Crippen molar-refractivity contribution >= 4 is 27.9 Å². The number of para-hydroxylation sites is 3. The molecule has 6 nitrogen and oxygen atoms in total. The van der Waals surface area contributed by atoms with Gasteiger partial charge in [-0.25, -0.2) is 10.4 Å². The lowest BCUT2D eigenvalue weighted by molar-refractivity contribution is 0.0951. The number of hydrogen-bond acceptors (Lipinski definition) is 4. The molecule has 0 atom stereocenters. The van der Waals surface area contributed by atoms with E-state index in [1.165, 1.54) is 0 Å². The fourth-order valence-electron chi connectivity index (χ4n) is 3.16. The Bertz CT molecular complexity index is 1370. The third-order valence-corrected chi connectivity index (χ3v) is 4.60. The number of hydrogen-bond donors (Lipinski definition) is 2. The molecule has 5 aromatic rings. The summed E-state index contributed by atoms with van der Waals surface area (Å²) in [4.78, 5) is 20.3. The smallest absolute Gasteiger partial charge is 0.271 e. The molecule has 0 radical (unpaired) electrons. The normalized spacial score (nSPS) is 11.8. The van der Waals surface area contributed by atoms with Crippen LogP contribution >= 0.6 is 0 Å². The summed E-state index contributed by atoms with van der Waals surface area (Å²) in [5, 5.41) is 5.17. The summed E-state index contributed by atoms with van der Waals surface area (Å²) in [7, 11) is 0. The van der Waals surface area contributed by atoms with Gasteiger partial charge in [0.1, 0.15) is 11.4 Å². The highest BCUT2D eigenvalue weighted by Gasteiger charge is 2.12. The molecule has 0 aliphatic carbocycles. The van der Waals surface area contributed by atoms with Crippen LogP contribution in [0.1, 0.15) is 10.4 Å². The Hall–Kier alpha value is -4.19. The summed E-state index contributed by atoms with van der Waals surface area (Å²) in [5.74, 6) is 0.304. The third-order valence-electron chi connectivity index (χ3n) is 4.60. The maximum absolute atomic E-state index is 12.4. The predicted molar refractivity (Wildman–Crippen MR) is 111 cm³/mol. The Balaban J connectivity index is 1.64. The van der Waals surface area contributed by atoms with Gasteiger partial charge in [0.05, 0.1) is 16.6 Å². The first-order valence-corrected chi connectivity index (χ1v) is 9.15. The summed E-state index contributed by atoms with van der Waals surface area (Å²) in [6, 6.07) is 26.3. The van der Waals surface area contributed by atoms with Gasteiger partial charge < -0.3 is 9.40 Å². The molecule has 0 spiro atoms. The molecule has 140 valence electrons. The van der Waals surface area contributed by atoms with Crippen molar-refractivity contribution in [3.63, 3.8) is 0 Å². The Morgan fingerprint density at radius 2 is 1.69 bits per heavy atom. The number of benzene rings is 3. The number of carbonyl (C=O) groups excluding carboxylic acids is 1. The van der Waals surface area contributed by atoms with Crippen LogP contribution in [0.3, 0.4) is 0 Å². The molecular weight excluding hydrogens is 364 g/mol. The lowest BCUT2D eigenvalue weighted by Crippen LogP contribution is -2.22. The molecule has 0 aliphatic rings. The minimum absolute atomic E-state index is 0.270. The van der Waals surface area contributed by atoms with E-state index in [0.29, 0.717) is 22.5 Å². The summed E-state index contributed by atoms with van der Waals surface area (Å²) in [6.07, 6.45) is 0. The van der Waals surface area contributed by atoms with Gasteiger partial charge in [0.25, 0.3) is 5.91 Å². The van der Waals surface area contributed by atoms with Crippen LogP contribution in [0.15, 0.2) is 94.4 Å². The van der Waals surface area contributed by atoms with E-state index in [-0.39, 0.29) is 11.5 Å². The fraction of sp³-hybridized carbons (Fsp3) is 0. The number of nitrogens with zero attached hydrogens (tertiary/aromatic N) is 2. The van der Waals surface area contributed by atoms with Gasteiger partial charge in [-0.05, 0) is 36.4 Å². The maximum atomic E-state index is 12.4. The molecular formula is C23H16N4O2. The topological polar surface area (TPSA) is 83.3 Å². The van der Waals surface area contributed by atoms with Gasteiger partial charge in [0.2, 0.25) is 5.55 Å². The highest BCUT2D eigenvalue weighted by Crippen LogP contribution is 2.21. The quantitative estimate of drug-likeness (QED) is 0.460. The molecule has 2 heterocycles. The van der Waals surface area contributed by atoms with E-state index < -0.39 is 0 Å². The number of H-pyrrole nitrogens is 1. The maximum Gasteiger partial charge on any atom is 0.271 e. The van der Waals surface area contributed by atoms with E-state index in [1.807, 2.05) is 60.7 Å². The third kappa shape index (κ3) is 3.27. The molecule has 0 saturated heterocycles. The number of amides is 1. The van der Waals surface area contributed by atoms with Gasteiger partial charge in [-0.15, -0.1) is 5.10 Å². The van der Waals surface area contributed by atoms with Crippen LogP contribution < -0.4 is 11.0 Å². The second-order valence-electron chi connectivity index (χ2n) is 6.52. The molecule has 6 heteroatoms. The van der Waals surface area contributed by atoms with Gasteiger partial charge >= 0.3 is 0 Å². The Morgan fingerprint density at radius 3 is 2.55 bits per heavy atom. The van der Waals surface area contributed by atoms with E-state index in [4.69, 9.17) is 4.42 Å². The monoisotopic (exact) mass is 380 g/mol. The van der Waals surface area contributed by atoms with Crippen molar-refractivity contribution in [1.82, 2.24) is 15.4 Å². The lowest BCUT2D eigenvalue weighted by atomic mass is 10.2. The number of aromatic nitrogens is 2. The van der Waals surface area contributed by atoms with Crippen molar-refractivity contribution in [2.24, 2.45) is 5.10 Å². The summed E-state index contributed by atoms with van der Waals surface area (Å²) >= 11 is 0. The van der Waals surface area contributed by atoms with Crippen molar-refractivity contribution in [1.29, 1.82) is 0 Å². The summed E-state index contributed by atoms with van der Waals surface area (Å²) in [6.45, 7) is 0. The molecule has 3 aromatic carbocycles. The number of nitrogens with one attached hydrogen (secondary N) is 2. The average Bonchev–Trinajstić information content (AvgIpc) is 3.21. The van der Waals surface area contributed by atoms with Crippen molar-refractivity contribution in [3.8, 4) is 11.4 Å². The standard InChI is InChI=1S/C23H16N4O2/c28-22(15-8-2-1-3-9-15)26-27-23-17(14-16-10-4-7-13-20(16)29-23)21-24-18-11-5-6-12-19(18)25-21/h1-14H,(H,24,25)(H,26,28)/b27-23-. The zero-order chi connectivity index (χ0) is 19.6. The Labute approximate surface area is 165 Å². The molecule has 5 rings (SSSR count). The molecule has 29 heavy (non-hydrogen) atoms. The van der Waals surface area contributed by atoms with Gasteiger partial charge in [0.15, 0.2) is 0 Å². The van der Waals surface area contributed by atoms with Crippen LogP contribution in [0.2, 0.25) is 0 Å². The molecule has 0 bridgehead atoms. The highest BCUT2D eigenvalue weighted by molar-refractivity contribution is 5.93. The van der Waals surface area contributed by atoms with Gasteiger partial charge in [-0.1, -0.05) is 48.5 Å². The van der Waals surface area contributed by atoms with Gasteiger partial charge in [-0.2, -0.15) is 0 Å². The molecule has 2 N–H and O–H groups in total. The SMILES string of the molecule is O=C(N/N=c1\oc2ccccc2cc1-c1nc2ccccc2[nH]1)c1ccccc1. The number of rotatable bonds is 3. The van der Waals surface area contributed by atoms with Crippen LogP contribution in [0, 0.1) is 0 Å². The van der Waals surface area contributed by atoms with E-state index in [0.717, 1.165) is 16.4 Å². The number of imidazole rings is 1. The molecule has 0 fully saturated rings. The molecule has 1 amide bonds. The summed E-state index contributed by atoms with van der Waals surface area (Å²) < 4.78 is 5.99. The largest absolute Gasteiger partial charge is 0.436 e. The summed E-state index contributed by atoms with van der Waals surface area (Å²) in [5.41, 5.74) is 6.44. The Morgan fingerprint density at radius 1 is 0.931 bits per heavy atom. The van der Waals surface area contributed by atoms with Crippen molar-refractivity contribution in [2.75, 3.05) is 0 Å². The van der Waals surface area contributed by atoms with Crippen LogP contribution in [0.25, 0.3) is 33.4 Å². The van der Waals surface area contributed by atoms with E-state index >= 15 is 0 Å². The van der Waals surface area contributed by atoms with Crippen LogP contribution in [-0.4, -0.2) is 15.9 Å². The van der Waals surface area contributed by atoms with Crippen LogP contribution in [0.5, 0.6) is 0 Å². The minimum Gasteiger partial charge on any atom is -0.436 e. The van der Waals surface area contributed by atoms with Crippen molar-refractivity contribution in [2.45, 2.75) is 0 Å². The van der Waals surface area contributed by atoms with Gasteiger partial charge in [0, 0.05) is 10.9 Å². The number of carbonyl (C=O) groups is 1. The van der Waals surface area contributed by atoms with Crippen molar-refractivity contribution in [3.05, 3.63) is 96.0 Å². The zero-order valence-electron chi connectivity index (χ0n) is 15.3. The molecule has 0 saturated carbocycles.